The van der Waals surface area contributed by atoms with Gasteiger partial charge in [-0.05, 0) is 55.8 Å². The van der Waals surface area contributed by atoms with Crippen molar-refractivity contribution in [2.24, 2.45) is 0 Å². The molecule has 0 aromatic heterocycles. The Morgan fingerprint density at radius 3 is 2.64 bits per heavy atom. The molecule has 0 radical (unpaired) electrons. The Labute approximate surface area is 172 Å². The maximum atomic E-state index is 13.1. The van der Waals surface area contributed by atoms with E-state index < -0.39 is 0 Å². The lowest BCUT2D eigenvalue weighted by atomic mass is 9.94. The molecule has 0 spiro atoms. The number of thiocarbonyl (C=S) groups is 1. The second kappa shape index (κ2) is 9.24. The van der Waals surface area contributed by atoms with Crippen molar-refractivity contribution in [3.8, 4) is 11.5 Å². The first-order valence-electron chi connectivity index (χ1n) is 9.90. The quantitative estimate of drug-likeness (QED) is 0.386. The highest BCUT2D eigenvalue weighted by molar-refractivity contribution is 7.80. The number of carbonyl (C=O) groups is 1. The Bertz CT molecular complexity index is 784. The van der Waals surface area contributed by atoms with Gasteiger partial charge in [-0.25, -0.2) is 0 Å². The second-order valence-electron chi connectivity index (χ2n) is 7.08. The zero-order valence-electron chi connectivity index (χ0n) is 16.6. The number of hydrogen-bond acceptors (Lipinski definition) is 4. The van der Waals surface area contributed by atoms with Crippen molar-refractivity contribution >= 4 is 29.3 Å². The number of hydrogen-bond donors (Lipinski definition) is 0. The van der Waals surface area contributed by atoms with Crippen LogP contribution in [0.3, 0.4) is 0 Å². The first kappa shape index (κ1) is 20.4. The first-order chi connectivity index (χ1) is 13.6. The van der Waals surface area contributed by atoms with Crippen LogP contribution in [-0.2, 0) is 4.79 Å². The lowest BCUT2D eigenvalue weighted by Gasteiger charge is -2.30. The van der Waals surface area contributed by atoms with E-state index in [1.165, 1.54) is 6.42 Å². The van der Waals surface area contributed by atoms with Crippen LogP contribution in [0.2, 0.25) is 0 Å². The summed E-state index contributed by atoms with van der Waals surface area (Å²) in [6.45, 7) is 6.54. The highest BCUT2D eigenvalue weighted by Gasteiger charge is 2.40. The second-order valence-corrected chi connectivity index (χ2v) is 7.44. The van der Waals surface area contributed by atoms with Crippen LogP contribution in [0.5, 0.6) is 11.5 Å². The summed E-state index contributed by atoms with van der Waals surface area (Å²) >= 11 is 5.59. The molecule has 0 unspecified atom stereocenters. The Morgan fingerprint density at radius 1 is 1.21 bits per heavy atom. The fourth-order valence-corrected chi connectivity index (χ4v) is 4.08. The standard InChI is InChI=1S/C22H28N2O3S/c1-4-13-27-19-12-11-16(15-20(19)26-5-2)14-18-21(25)24(22(28)23(18)3)17-9-7-6-8-10-17/h4,11-12,14-15,17H,1,5-10,13H2,2-3H3. The number of nitrogens with zero attached hydrogens (tertiary/aromatic N) is 2. The van der Waals surface area contributed by atoms with E-state index in [9.17, 15) is 4.79 Å². The predicted octanol–water partition coefficient (Wildman–Crippen LogP) is 4.38. The van der Waals surface area contributed by atoms with Gasteiger partial charge in [0.2, 0.25) is 0 Å². The predicted molar refractivity (Wildman–Crippen MR) is 115 cm³/mol. The molecule has 0 bridgehead atoms. The van der Waals surface area contributed by atoms with Gasteiger partial charge in [0, 0.05) is 13.1 Å². The molecule has 0 N–H and O–H groups in total. The van der Waals surface area contributed by atoms with E-state index in [1.54, 1.807) is 6.08 Å². The topological polar surface area (TPSA) is 42.0 Å². The van der Waals surface area contributed by atoms with E-state index >= 15 is 0 Å². The number of rotatable bonds is 7. The minimum absolute atomic E-state index is 0.00987. The molecule has 1 aromatic carbocycles. The monoisotopic (exact) mass is 400 g/mol. The molecule has 1 amide bonds. The van der Waals surface area contributed by atoms with Crippen molar-refractivity contribution in [3.63, 3.8) is 0 Å². The van der Waals surface area contributed by atoms with Crippen molar-refractivity contribution in [1.82, 2.24) is 9.80 Å². The van der Waals surface area contributed by atoms with Gasteiger partial charge in [0.25, 0.3) is 5.91 Å². The molecule has 0 atom stereocenters. The van der Waals surface area contributed by atoms with Crippen molar-refractivity contribution in [2.75, 3.05) is 20.3 Å². The van der Waals surface area contributed by atoms with E-state index in [1.807, 2.05) is 48.0 Å². The number of amides is 1. The van der Waals surface area contributed by atoms with E-state index in [4.69, 9.17) is 21.7 Å². The Morgan fingerprint density at radius 2 is 1.96 bits per heavy atom. The van der Waals surface area contributed by atoms with E-state index in [0.717, 1.165) is 31.2 Å². The van der Waals surface area contributed by atoms with Gasteiger partial charge >= 0.3 is 0 Å². The van der Waals surface area contributed by atoms with Crippen LogP contribution in [0.25, 0.3) is 6.08 Å². The van der Waals surface area contributed by atoms with E-state index in [-0.39, 0.29) is 11.9 Å². The third kappa shape index (κ3) is 4.22. The van der Waals surface area contributed by atoms with Gasteiger partial charge in [-0.2, -0.15) is 0 Å². The summed E-state index contributed by atoms with van der Waals surface area (Å²) < 4.78 is 11.4. The number of carbonyl (C=O) groups excluding carboxylic acids is 1. The van der Waals surface area contributed by atoms with Gasteiger partial charge < -0.3 is 14.4 Å². The molecule has 28 heavy (non-hydrogen) atoms. The number of benzene rings is 1. The van der Waals surface area contributed by atoms with Crippen LogP contribution in [0.4, 0.5) is 0 Å². The molecule has 1 saturated carbocycles. The minimum Gasteiger partial charge on any atom is -0.490 e. The van der Waals surface area contributed by atoms with Crippen molar-refractivity contribution in [3.05, 3.63) is 42.1 Å². The zero-order chi connectivity index (χ0) is 20.1. The van der Waals surface area contributed by atoms with Crippen LogP contribution >= 0.6 is 12.2 Å². The molecule has 2 aliphatic rings. The minimum atomic E-state index is -0.00987. The Hall–Kier alpha value is -2.34. The number of ether oxygens (including phenoxy) is 2. The van der Waals surface area contributed by atoms with Gasteiger partial charge in [-0.1, -0.05) is 38.0 Å². The molecule has 1 saturated heterocycles. The molecule has 3 rings (SSSR count). The first-order valence-corrected chi connectivity index (χ1v) is 10.3. The normalized spacial score (nSPS) is 19.4. The summed E-state index contributed by atoms with van der Waals surface area (Å²) in [6, 6.07) is 5.89. The maximum Gasteiger partial charge on any atom is 0.277 e. The summed E-state index contributed by atoms with van der Waals surface area (Å²) in [5, 5.41) is 0.596. The van der Waals surface area contributed by atoms with Gasteiger partial charge in [0.05, 0.1) is 6.61 Å². The highest BCUT2D eigenvalue weighted by atomic mass is 32.1. The molecule has 5 nitrogen and oxygen atoms in total. The lowest BCUT2D eigenvalue weighted by Crippen LogP contribution is -2.41. The molecular weight excluding hydrogens is 372 g/mol. The summed E-state index contributed by atoms with van der Waals surface area (Å²) in [7, 11) is 1.86. The van der Waals surface area contributed by atoms with Crippen molar-refractivity contribution in [1.29, 1.82) is 0 Å². The fraction of sp³-hybridized carbons (Fsp3) is 0.455. The summed E-state index contributed by atoms with van der Waals surface area (Å²) in [5.41, 5.74) is 1.47. The molecule has 1 heterocycles. The summed E-state index contributed by atoms with van der Waals surface area (Å²) in [4.78, 5) is 16.7. The Kier molecular flexibility index (Phi) is 6.73. The lowest BCUT2D eigenvalue weighted by molar-refractivity contribution is -0.124. The Balaban J connectivity index is 1.87. The molecule has 2 fully saturated rings. The van der Waals surface area contributed by atoms with Crippen molar-refractivity contribution in [2.45, 2.75) is 45.1 Å². The van der Waals surface area contributed by atoms with E-state index in [0.29, 0.717) is 35.5 Å². The highest BCUT2D eigenvalue weighted by Crippen LogP contribution is 2.33. The van der Waals surface area contributed by atoms with Crippen LogP contribution in [0.15, 0.2) is 36.6 Å². The third-order valence-electron chi connectivity index (χ3n) is 5.16. The third-order valence-corrected chi connectivity index (χ3v) is 5.63. The molecule has 150 valence electrons. The van der Waals surface area contributed by atoms with Gasteiger partial charge in [-0.3, -0.25) is 9.69 Å². The van der Waals surface area contributed by atoms with Crippen LogP contribution in [0, 0.1) is 0 Å². The van der Waals surface area contributed by atoms with E-state index in [2.05, 4.69) is 6.58 Å². The van der Waals surface area contributed by atoms with Crippen LogP contribution in [0.1, 0.15) is 44.6 Å². The van der Waals surface area contributed by atoms with Crippen LogP contribution < -0.4 is 9.47 Å². The van der Waals surface area contributed by atoms with Crippen LogP contribution in [-0.4, -0.2) is 47.1 Å². The average molecular weight is 401 g/mol. The van der Waals surface area contributed by atoms with Crippen molar-refractivity contribution < 1.29 is 14.3 Å². The largest absolute Gasteiger partial charge is 0.490 e. The zero-order valence-corrected chi connectivity index (χ0v) is 17.5. The summed E-state index contributed by atoms with van der Waals surface area (Å²) in [6.07, 6.45) is 9.17. The molecule has 1 aromatic rings. The van der Waals surface area contributed by atoms with Gasteiger partial charge in [0.15, 0.2) is 16.6 Å². The summed E-state index contributed by atoms with van der Waals surface area (Å²) in [5.74, 6) is 1.30. The fourth-order valence-electron chi connectivity index (χ4n) is 3.75. The van der Waals surface area contributed by atoms with Gasteiger partial charge in [-0.15, -0.1) is 0 Å². The smallest absolute Gasteiger partial charge is 0.277 e. The molecular formula is C22H28N2O3S. The molecule has 6 heteroatoms. The SMILES string of the molecule is C=CCOc1ccc(C=C2C(=O)N(C3CCCCC3)C(=S)N2C)cc1OCC. The molecule has 1 aliphatic carbocycles. The number of likely N-dealkylation sites (N-methyl/N-ethyl adjacent to an activating group) is 1. The molecule has 1 aliphatic heterocycles. The average Bonchev–Trinajstić information content (AvgIpc) is 2.91. The maximum absolute atomic E-state index is 13.1. The van der Waals surface area contributed by atoms with Gasteiger partial charge in [0.1, 0.15) is 12.3 Å².